The third kappa shape index (κ3) is 2.11. The van der Waals surface area contributed by atoms with Gasteiger partial charge in [0.1, 0.15) is 11.6 Å². The van der Waals surface area contributed by atoms with E-state index in [1.807, 2.05) is 30.9 Å². The molecule has 0 radical (unpaired) electrons. The first-order valence-corrected chi connectivity index (χ1v) is 7.57. The molecule has 1 atom stereocenters. The third-order valence-electron chi connectivity index (χ3n) is 4.14. The van der Waals surface area contributed by atoms with E-state index in [-0.39, 0.29) is 11.8 Å². The van der Waals surface area contributed by atoms with E-state index in [9.17, 15) is 9.59 Å². The molecule has 1 unspecified atom stereocenters. The zero-order chi connectivity index (χ0) is 15.4. The minimum atomic E-state index is -0.653. The lowest BCUT2D eigenvalue weighted by molar-refractivity contribution is -0.126. The Labute approximate surface area is 131 Å². The first-order chi connectivity index (χ1) is 9.82. The van der Waals surface area contributed by atoms with Crippen LogP contribution in [0.1, 0.15) is 25.5 Å². The molecular weight excluding hydrogens is 336 g/mol. The summed E-state index contributed by atoms with van der Waals surface area (Å²) in [6.07, 6.45) is 0. The van der Waals surface area contributed by atoms with E-state index in [1.165, 1.54) is 0 Å². The minimum Gasteiger partial charge on any atom is -0.355 e. The van der Waals surface area contributed by atoms with Gasteiger partial charge in [0.25, 0.3) is 0 Å². The van der Waals surface area contributed by atoms with Crippen molar-refractivity contribution in [2.45, 2.75) is 25.4 Å². The number of amides is 2. The van der Waals surface area contributed by atoms with Crippen LogP contribution in [-0.2, 0) is 9.59 Å². The topological polar surface area (TPSA) is 87.5 Å². The minimum absolute atomic E-state index is 0.0121. The highest BCUT2D eigenvalue weighted by atomic mass is 79.9. The quantitative estimate of drug-likeness (QED) is 0.706. The van der Waals surface area contributed by atoms with Gasteiger partial charge in [0.05, 0.1) is 5.69 Å². The molecule has 0 saturated carbocycles. The van der Waals surface area contributed by atoms with Gasteiger partial charge in [0.15, 0.2) is 0 Å². The maximum atomic E-state index is 12.1. The summed E-state index contributed by atoms with van der Waals surface area (Å²) in [6.45, 7) is 5.06. The normalized spacial score (nSPS) is 23.6. The average molecular weight is 353 g/mol. The summed E-state index contributed by atoms with van der Waals surface area (Å²) >= 11 is 3.54. The van der Waals surface area contributed by atoms with Gasteiger partial charge >= 0.3 is 0 Å². The van der Waals surface area contributed by atoms with Crippen molar-refractivity contribution in [1.82, 2.24) is 5.32 Å². The molecule has 1 aromatic carbocycles. The Morgan fingerprint density at radius 1 is 1.38 bits per heavy atom. The Morgan fingerprint density at radius 3 is 2.81 bits per heavy atom. The molecule has 0 spiro atoms. The first-order valence-electron chi connectivity index (χ1n) is 6.78. The molecule has 2 amide bonds. The van der Waals surface area contributed by atoms with E-state index in [1.54, 1.807) is 0 Å². The van der Waals surface area contributed by atoms with Crippen molar-refractivity contribution in [2.24, 2.45) is 5.73 Å². The average Bonchev–Trinajstić information content (AvgIpc) is 2.68. The number of nitrogens with two attached hydrogens (primary N) is 1. The van der Waals surface area contributed by atoms with Crippen molar-refractivity contribution >= 4 is 39.1 Å². The zero-order valence-corrected chi connectivity index (χ0v) is 13.5. The van der Waals surface area contributed by atoms with Crippen LogP contribution in [0.25, 0.3) is 0 Å². The maximum Gasteiger partial charge on any atom is 0.245 e. The van der Waals surface area contributed by atoms with Gasteiger partial charge in [-0.3, -0.25) is 9.59 Å². The molecule has 3 rings (SSSR count). The zero-order valence-electron chi connectivity index (χ0n) is 11.9. The molecule has 0 aromatic heterocycles. The van der Waals surface area contributed by atoms with Gasteiger partial charge in [0, 0.05) is 28.8 Å². The predicted octanol–water partition coefficient (Wildman–Crippen LogP) is 1.12. The van der Waals surface area contributed by atoms with Crippen molar-refractivity contribution < 1.29 is 9.59 Å². The molecule has 4 N–H and O–H groups in total. The van der Waals surface area contributed by atoms with Crippen molar-refractivity contribution in [3.63, 3.8) is 0 Å². The molecule has 2 aliphatic rings. The van der Waals surface area contributed by atoms with E-state index in [2.05, 4.69) is 26.6 Å². The fourth-order valence-corrected chi connectivity index (χ4v) is 3.40. The summed E-state index contributed by atoms with van der Waals surface area (Å²) in [5, 5.41) is 5.65. The monoisotopic (exact) mass is 352 g/mol. The van der Waals surface area contributed by atoms with Gasteiger partial charge in [0.2, 0.25) is 11.8 Å². The highest BCUT2D eigenvalue weighted by Gasteiger charge is 2.39. The van der Waals surface area contributed by atoms with Crippen molar-refractivity contribution in [3.05, 3.63) is 22.2 Å². The molecule has 1 aromatic rings. The predicted molar refractivity (Wildman–Crippen MR) is 84.1 cm³/mol. The number of anilines is 2. The number of carbonyl (C=O) groups excluding carboxylic acids is 2. The Hall–Kier alpha value is -1.60. The van der Waals surface area contributed by atoms with Crippen molar-refractivity contribution in [1.29, 1.82) is 0 Å². The van der Waals surface area contributed by atoms with E-state index in [4.69, 9.17) is 5.73 Å². The SMILES string of the molecule is CC1(C)C(=O)NCCN1c1cc2c(cc1Br)C(N)C(=O)N2. The molecular formula is C14H17BrN4O2. The molecule has 112 valence electrons. The fraction of sp³-hybridized carbons (Fsp3) is 0.429. The van der Waals surface area contributed by atoms with Crippen molar-refractivity contribution in [3.8, 4) is 0 Å². The van der Waals surface area contributed by atoms with Crippen LogP contribution in [0.3, 0.4) is 0 Å². The third-order valence-corrected chi connectivity index (χ3v) is 4.77. The number of piperazine rings is 1. The smallest absolute Gasteiger partial charge is 0.245 e. The second kappa shape index (κ2) is 4.71. The summed E-state index contributed by atoms with van der Waals surface area (Å²) in [5.41, 5.74) is 7.57. The van der Waals surface area contributed by atoms with Crippen LogP contribution < -0.4 is 21.3 Å². The fourth-order valence-electron chi connectivity index (χ4n) is 2.82. The Balaban J connectivity index is 2.06. The lowest BCUT2D eigenvalue weighted by Crippen LogP contribution is -2.62. The number of benzene rings is 1. The van der Waals surface area contributed by atoms with Gasteiger partial charge in [-0.05, 0) is 41.9 Å². The number of nitrogens with one attached hydrogen (secondary N) is 2. The van der Waals surface area contributed by atoms with Crippen LogP contribution in [0.5, 0.6) is 0 Å². The van der Waals surface area contributed by atoms with Crippen LogP contribution in [0.15, 0.2) is 16.6 Å². The maximum absolute atomic E-state index is 12.1. The second-order valence-corrected chi connectivity index (χ2v) is 6.68. The first kappa shape index (κ1) is 14.3. The van der Waals surface area contributed by atoms with Crippen LogP contribution in [0, 0.1) is 0 Å². The molecule has 6 nitrogen and oxygen atoms in total. The number of hydrogen-bond donors (Lipinski definition) is 3. The molecule has 0 bridgehead atoms. The van der Waals surface area contributed by atoms with Gasteiger partial charge in [-0.1, -0.05) is 0 Å². The highest BCUT2D eigenvalue weighted by Crippen LogP contribution is 2.40. The number of nitrogens with zero attached hydrogens (tertiary/aromatic N) is 1. The molecule has 2 heterocycles. The van der Waals surface area contributed by atoms with E-state index < -0.39 is 11.6 Å². The van der Waals surface area contributed by atoms with E-state index >= 15 is 0 Å². The number of fused-ring (bicyclic) bond motifs is 1. The van der Waals surface area contributed by atoms with Crippen molar-refractivity contribution in [2.75, 3.05) is 23.3 Å². The van der Waals surface area contributed by atoms with Gasteiger partial charge in [-0.25, -0.2) is 0 Å². The standard InChI is InChI=1S/C14H17BrN4O2/c1-14(2)13(21)17-3-4-19(14)10-6-9-7(5-8(10)15)11(16)12(20)18-9/h5-6,11H,3-4,16H2,1-2H3,(H,17,21)(H,18,20). The van der Waals surface area contributed by atoms with Gasteiger partial charge in [-0.2, -0.15) is 0 Å². The summed E-state index contributed by atoms with van der Waals surface area (Å²) in [6, 6.07) is 3.10. The summed E-state index contributed by atoms with van der Waals surface area (Å²) in [5.74, 6) is -0.216. The van der Waals surface area contributed by atoms with Gasteiger partial charge < -0.3 is 21.3 Å². The number of halogens is 1. The van der Waals surface area contributed by atoms with E-state index in [0.717, 1.165) is 15.7 Å². The Bertz CT molecular complexity index is 644. The second-order valence-electron chi connectivity index (χ2n) is 5.82. The Morgan fingerprint density at radius 2 is 2.10 bits per heavy atom. The summed E-state index contributed by atoms with van der Waals surface area (Å²) in [7, 11) is 0. The van der Waals surface area contributed by atoms with E-state index in [0.29, 0.717) is 18.8 Å². The Kier molecular flexibility index (Phi) is 3.22. The number of hydrogen-bond acceptors (Lipinski definition) is 4. The van der Waals surface area contributed by atoms with Crippen LogP contribution in [-0.4, -0.2) is 30.4 Å². The summed E-state index contributed by atoms with van der Waals surface area (Å²) < 4.78 is 0.830. The molecule has 0 aliphatic carbocycles. The molecule has 1 fully saturated rings. The largest absolute Gasteiger partial charge is 0.355 e. The number of rotatable bonds is 1. The van der Waals surface area contributed by atoms with Gasteiger partial charge in [-0.15, -0.1) is 0 Å². The molecule has 21 heavy (non-hydrogen) atoms. The van der Waals surface area contributed by atoms with Crippen LogP contribution in [0.2, 0.25) is 0 Å². The number of carbonyl (C=O) groups is 2. The lowest BCUT2D eigenvalue weighted by atomic mass is 9.97. The highest BCUT2D eigenvalue weighted by molar-refractivity contribution is 9.10. The summed E-state index contributed by atoms with van der Waals surface area (Å²) in [4.78, 5) is 25.8. The molecule has 2 aliphatic heterocycles. The van der Waals surface area contributed by atoms with Crippen LogP contribution >= 0.6 is 15.9 Å². The molecule has 7 heteroatoms. The van der Waals surface area contributed by atoms with Crippen LogP contribution in [0.4, 0.5) is 11.4 Å². The molecule has 1 saturated heterocycles. The lowest BCUT2D eigenvalue weighted by Gasteiger charge is -2.43.